The summed E-state index contributed by atoms with van der Waals surface area (Å²) in [6.45, 7) is 10.3. The van der Waals surface area contributed by atoms with Gasteiger partial charge in [-0.25, -0.2) is 4.39 Å². The van der Waals surface area contributed by atoms with Gasteiger partial charge in [0.15, 0.2) is 0 Å². The number of rotatable bonds is 10. The Balaban J connectivity index is 3.51. The number of halogens is 1. The summed E-state index contributed by atoms with van der Waals surface area (Å²) in [5.41, 5.74) is 0. The molecule has 0 fully saturated rings. The third kappa shape index (κ3) is 8.86. The van der Waals surface area contributed by atoms with Crippen LogP contribution in [0.4, 0.5) is 4.39 Å². The van der Waals surface area contributed by atoms with Crippen molar-refractivity contribution in [3.05, 3.63) is 12.4 Å². The summed E-state index contributed by atoms with van der Waals surface area (Å²) in [5.74, 6) is -0.216. The van der Waals surface area contributed by atoms with Crippen molar-refractivity contribution in [2.24, 2.45) is 0 Å². The monoisotopic (exact) mass is 231 g/mol. The summed E-state index contributed by atoms with van der Waals surface area (Å²) in [4.78, 5) is 2.27. The molecule has 0 aromatic carbocycles. The topological polar surface area (TPSA) is 12.5 Å². The molecule has 0 aromatic rings. The molecule has 0 spiro atoms. The predicted octanol–water partition coefficient (Wildman–Crippen LogP) is 3.39. The van der Waals surface area contributed by atoms with E-state index in [9.17, 15) is 4.39 Å². The van der Waals surface area contributed by atoms with Crippen LogP contribution in [0.3, 0.4) is 0 Å². The third-order valence-electron chi connectivity index (χ3n) is 2.88. The highest BCUT2D eigenvalue weighted by atomic mass is 19.1. The Kier molecular flexibility index (Phi) is 9.54. The molecule has 0 heterocycles. The first-order valence-corrected chi connectivity index (χ1v) is 6.18. The van der Waals surface area contributed by atoms with E-state index in [2.05, 4.69) is 25.3 Å². The molecule has 0 aliphatic heterocycles. The maximum absolute atomic E-state index is 12.5. The normalized spacial score (nSPS) is 13.1. The molecule has 96 valence electrons. The van der Waals surface area contributed by atoms with Crippen LogP contribution in [0.2, 0.25) is 0 Å². The number of nitrogens with zero attached hydrogens (tertiary/aromatic N) is 1. The highest BCUT2D eigenvalue weighted by Crippen LogP contribution is 2.06. The van der Waals surface area contributed by atoms with E-state index in [1.54, 1.807) is 7.11 Å². The van der Waals surface area contributed by atoms with Crippen LogP contribution in [0.15, 0.2) is 12.4 Å². The Hall–Kier alpha value is -0.410. The minimum atomic E-state index is -0.216. The summed E-state index contributed by atoms with van der Waals surface area (Å²) in [5, 5.41) is 0. The zero-order chi connectivity index (χ0) is 12.4. The fraction of sp³-hybridized carbons (Fsp3) is 0.846. The summed E-state index contributed by atoms with van der Waals surface area (Å²) < 4.78 is 17.7. The van der Waals surface area contributed by atoms with Gasteiger partial charge in [0, 0.05) is 20.1 Å². The first-order chi connectivity index (χ1) is 7.60. The molecule has 0 saturated heterocycles. The zero-order valence-electron chi connectivity index (χ0n) is 11.0. The summed E-state index contributed by atoms with van der Waals surface area (Å²) in [6, 6.07) is 0. The van der Waals surface area contributed by atoms with E-state index in [-0.39, 0.29) is 5.83 Å². The molecule has 1 atom stereocenters. The quantitative estimate of drug-likeness (QED) is 0.534. The third-order valence-corrected chi connectivity index (χ3v) is 2.88. The Morgan fingerprint density at radius 3 is 2.56 bits per heavy atom. The molecular weight excluding hydrogens is 205 g/mol. The molecule has 0 rings (SSSR count). The molecule has 0 saturated carbocycles. The van der Waals surface area contributed by atoms with Crippen LogP contribution in [0, 0.1) is 0 Å². The molecule has 0 aromatic heterocycles. The van der Waals surface area contributed by atoms with Gasteiger partial charge in [0.2, 0.25) is 0 Å². The lowest BCUT2D eigenvalue weighted by Crippen LogP contribution is -2.26. The van der Waals surface area contributed by atoms with Crippen LogP contribution in [0.5, 0.6) is 0 Å². The zero-order valence-corrected chi connectivity index (χ0v) is 11.0. The molecule has 0 aliphatic rings. The molecule has 1 unspecified atom stereocenters. The van der Waals surface area contributed by atoms with Crippen molar-refractivity contribution in [1.82, 2.24) is 4.90 Å². The number of hydrogen-bond acceptors (Lipinski definition) is 2. The fourth-order valence-corrected chi connectivity index (χ4v) is 1.59. The number of hydrogen-bond donors (Lipinski definition) is 0. The minimum Gasteiger partial charge on any atom is -0.382 e. The van der Waals surface area contributed by atoms with Crippen LogP contribution < -0.4 is 0 Å². The Morgan fingerprint density at radius 1 is 1.38 bits per heavy atom. The van der Waals surface area contributed by atoms with E-state index in [1.165, 1.54) is 6.42 Å². The first-order valence-electron chi connectivity index (χ1n) is 6.18. The van der Waals surface area contributed by atoms with Gasteiger partial charge < -0.3 is 9.64 Å². The first kappa shape index (κ1) is 15.6. The Morgan fingerprint density at radius 2 is 2.06 bits per heavy atom. The van der Waals surface area contributed by atoms with Crippen molar-refractivity contribution >= 4 is 0 Å². The fourth-order valence-electron chi connectivity index (χ4n) is 1.59. The average Bonchev–Trinajstić information content (AvgIpc) is 2.27. The second-order valence-electron chi connectivity index (χ2n) is 4.24. The van der Waals surface area contributed by atoms with E-state index >= 15 is 0 Å². The standard InChI is InChI=1S/C13H26FNO/c1-5-15(11-9-12(2)14)10-7-6-8-13(3)16-4/h13H,2,5-11H2,1,3-4H3. The molecule has 0 radical (unpaired) electrons. The highest BCUT2D eigenvalue weighted by molar-refractivity contribution is 4.80. The van der Waals surface area contributed by atoms with Crippen LogP contribution in [-0.2, 0) is 4.74 Å². The van der Waals surface area contributed by atoms with E-state index < -0.39 is 0 Å². The van der Waals surface area contributed by atoms with Gasteiger partial charge in [0.05, 0.1) is 11.9 Å². The van der Waals surface area contributed by atoms with E-state index in [1.807, 2.05) is 0 Å². The number of unbranched alkanes of at least 4 members (excludes halogenated alkanes) is 1. The van der Waals surface area contributed by atoms with Crippen LogP contribution in [0.25, 0.3) is 0 Å². The summed E-state index contributed by atoms with van der Waals surface area (Å²) in [6.07, 6.45) is 4.23. The van der Waals surface area contributed by atoms with Crippen LogP contribution in [-0.4, -0.2) is 37.7 Å². The van der Waals surface area contributed by atoms with Gasteiger partial charge in [0.1, 0.15) is 0 Å². The van der Waals surface area contributed by atoms with Crippen LogP contribution in [0.1, 0.15) is 39.5 Å². The molecule has 0 aliphatic carbocycles. The van der Waals surface area contributed by atoms with Gasteiger partial charge in [0.25, 0.3) is 0 Å². The second kappa shape index (κ2) is 9.79. The molecule has 2 nitrogen and oxygen atoms in total. The highest BCUT2D eigenvalue weighted by Gasteiger charge is 2.04. The summed E-state index contributed by atoms with van der Waals surface area (Å²) >= 11 is 0. The van der Waals surface area contributed by atoms with Crippen molar-refractivity contribution < 1.29 is 9.13 Å². The van der Waals surface area contributed by atoms with Crippen molar-refractivity contribution in [1.29, 1.82) is 0 Å². The van der Waals surface area contributed by atoms with Gasteiger partial charge >= 0.3 is 0 Å². The molecule has 0 amide bonds. The van der Waals surface area contributed by atoms with Crippen molar-refractivity contribution in [3.8, 4) is 0 Å². The van der Waals surface area contributed by atoms with E-state index in [0.717, 1.165) is 32.5 Å². The maximum Gasteiger partial charge on any atom is 0.0940 e. The maximum atomic E-state index is 12.5. The van der Waals surface area contributed by atoms with Gasteiger partial charge in [-0.1, -0.05) is 13.5 Å². The van der Waals surface area contributed by atoms with Gasteiger partial charge in [-0.3, -0.25) is 0 Å². The molecular formula is C13H26FNO. The van der Waals surface area contributed by atoms with Crippen molar-refractivity contribution in [2.45, 2.75) is 45.6 Å². The number of methoxy groups -OCH3 is 1. The van der Waals surface area contributed by atoms with Crippen molar-refractivity contribution in [3.63, 3.8) is 0 Å². The largest absolute Gasteiger partial charge is 0.382 e. The lowest BCUT2D eigenvalue weighted by molar-refractivity contribution is 0.107. The van der Waals surface area contributed by atoms with Gasteiger partial charge in [-0.15, -0.1) is 0 Å². The van der Waals surface area contributed by atoms with E-state index in [4.69, 9.17) is 4.74 Å². The van der Waals surface area contributed by atoms with Gasteiger partial charge in [-0.05, 0) is 39.3 Å². The molecule has 3 heteroatoms. The number of ether oxygens (including phenoxy) is 1. The lowest BCUT2D eigenvalue weighted by atomic mass is 10.1. The average molecular weight is 231 g/mol. The SMILES string of the molecule is C=C(F)CCN(CC)CCCCC(C)OC. The smallest absolute Gasteiger partial charge is 0.0940 e. The van der Waals surface area contributed by atoms with Crippen molar-refractivity contribution in [2.75, 3.05) is 26.7 Å². The lowest BCUT2D eigenvalue weighted by Gasteiger charge is -2.20. The molecule has 0 N–H and O–H groups in total. The molecule has 0 bridgehead atoms. The van der Waals surface area contributed by atoms with Gasteiger partial charge in [-0.2, -0.15) is 0 Å². The Labute approximate surface area is 99.5 Å². The summed E-state index contributed by atoms with van der Waals surface area (Å²) in [7, 11) is 1.75. The Bertz CT molecular complexity index is 185. The van der Waals surface area contributed by atoms with E-state index in [0.29, 0.717) is 12.5 Å². The van der Waals surface area contributed by atoms with Crippen LogP contribution >= 0.6 is 0 Å². The molecule has 16 heavy (non-hydrogen) atoms. The second-order valence-corrected chi connectivity index (χ2v) is 4.24. The predicted molar refractivity (Wildman–Crippen MR) is 67.3 cm³/mol. The minimum absolute atomic E-state index is 0.216.